The Bertz CT molecular complexity index is 880. The highest BCUT2D eigenvalue weighted by atomic mass is 16.5. The zero-order valence-corrected chi connectivity index (χ0v) is 17.9. The van der Waals surface area contributed by atoms with Crippen molar-refractivity contribution >= 4 is 23.4 Å². The van der Waals surface area contributed by atoms with Crippen molar-refractivity contribution in [2.45, 2.75) is 0 Å². The molecule has 0 radical (unpaired) electrons. The van der Waals surface area contributed by atoms with Gasteiger partial charge in [-0.05, 0) is 24.3 Å². The molecule has 2 fully saturated rings. The third kappa shape index (κ3) is 4.91. The summed E-state index contributed by atoms with van der Waals surface area (Å²) in [6.07, 6.45) is 0. The molecule has 2 aliphatic rings. The van der Waals surface area contributed by atoms with Gasteiger partial charge in [-0.1, -0.05) is 0 Å². The first kappa shape index (κ1) is 21.0. The molecule has 2 aliphatic heterocycles. The highest BCUT2D eigenvalue weighted by Gasteiger charge is 2.23. The average Bonchev–Trinajstić information content (AvgIpc) is 2.84. The molecule has 1 aromatic carbocycles. The number of urea groups is 1. The fourth-order valence-corrected chi connectivity index (χ4v) is 3.70. The molecule has 10 nitrogen and oxygen atoms in total. The Hall–Kier alpha value is -3.27. The largest absolute Gasteiger partial charge is 0.493 e. The van der Waals surface area contributed by atoms with E-state index >= 15 is 0 Å². The van der Waals surface area contributed by atoms with Crippen molar-refractivity contribution in [3.8, 4) is 11.5 Å². The van der Waals surface area contributed by atoms with Gasteiger partial charge in [0.05, 0.1) is 27.4 Å². The number of amides is 2. The first-order chi connectivity index (χ1) is 15.2. The Morgan fingerprint density at radius 2 is 1.48 bits per heavy atom. The summed E-state index contributed by atoms with van der Waals surface area (Å²) in [7, 11) is 3.15. The van der Waals surface area contributed by atoms with Crippen molar-refractivity contribution < 1.29 is 19.0 Å². The topological polar surface area (TPSA) is 92.3 Å². The minimum atomic E-state index is -0.138. The molecule has 0 bridgehead atoms. The third-order valence-corrected chi connectivity index (χ3v) is 5.50. The molecule has 2 saturated heterocycles. The van der Waals surface area contributed by atoms with Crippen LogP contribution in [-0.2, 0) is 4.74 Å². The number of carbonyl (C=O) groups excluding carboxylic acids is 1. The molecular weight excluding hydrogens is 400 g/mol. The maximum atomic E-state index is 12.7. The fraction of sp³-hybridized carbons (Fsp3) is 0.476. The zero-order valence-electron chi connectivity index (χ0n) is 17.9. The molecule has 0 unspecified atom stereocenters. The minimum absolute atomic E-state index is 0.138. The first-order valence-corrected chi connectivity index (χ1v) is 10.4. The van der Waals surface area contributed by atoms with E-state index in [0.717, 1.165) is 37.9 Å². The lowest BCUT2D eigenvalue weighted by Crippen LogP contribution is -2.50. The van der Waals surface area contributed by atoms with Crippen LogP contribution in [0.4, 0.5) is 22.1 Å². The Morgan fingerprint density at radius 3 is 2.06 bits per heavy atom. The van der Waals surface area contributed by atoms with Crippen molar-refractivity contribution in [2.24, 2.45) is 0 Å². The summed E-state index contributed by atoms with van der Waals surface area (Å²) < 4.78 is 15.9. The van der Waals surface area contributed by atoms with Gasteiger partial charge in [-0.25, -0.2) is 4.79 Å². The van der Waals surface area contributed by atoms with Crippen molar-refractivity contribution in [3.05, 3.63) is 30.3 Å². The number of benzene rings is 1. The molecule has 0 saturated carbocycles. The molecule has 10 heteroatoms. The van der Waals surface area contributed by atoms with Gasteiger partial charge in [-0.15, -0.1) is 10.2 Å². The molecule has 2 amide bonds. The summed E-state index contributed by atoms with van der Waals surface area (Å²) in [4.78, 5) is 18.8. The molecule has 4 rings (SSSR count). The van der Waals surface area contributed by atoms with E-state index in [9.17, 15) is 4.79 Å². The van der Waals surface area contributed by atoms with Crippen molar-refractivity contribution in [2.75, 3.05) is 81.8 Å². The van der Waals surface area contributed by atoms with Crippen LogP contribution < -0.4 is 24.6 Å². The van der Waals surface area contributed by atoms with Gasteiger partial charge in [0.15, 0.2) is 23.1 Å². The third-order valence-electron chi connectivity index (χ3n) is 5.50. The first-order valence-electron chi connectivity index (χ1n) is 10.4. The second-order valence-corrected chi connectivity index (χ2v) is 7.32. The van der Waals surface area contributed by atoms with E-state index in [1.807, 2.05) is 12.1 Å². The SMILES string of the molecule is COc1ccc(NC(=O)N2CCN(c3ccc(N4CCOCC4)nn3)CC2)cc1OC. The number of anilines is 3. The zero-order chi connectivity index (χ0) is 21.6. The molecular formula is C21H28N6O4. The van der Waals surface area contributed by atoms with Crippen LogP contribution in [-0.4, -0.2) is 87.8 Å². The number of nitrogens with zero attached hydrogens (tertiary/aromatic N) is 5. The van der Waals surface area contributed by atoms with E-state index in [0.29, 0.717) is 43.4 Å². The van der Waals surface area contributed by atoms with E-state index in [1.54, 1.807) is 37.3 Å². The van der Waals surface area contributed by atoms with Crippen molar-refractivity contribution in [1.82, 2.24) is 15.1 Å². The summed E-state index contributed by atoms with van der Waals surface area (Å²) in [5, 5.41) is 11.7. The average molecular weight is 428 g/mol. The van der Waals surface area contributed by atoms with Gasteiger partial charge in [0.25, 0.3) is 0 Å². The van der Waals surface area contributed by atoms with Crippen LogP contribution in [0.15, 0.2) is 30.3 Å². The molecule has 2 aromatic rings. The van der Waals surface area contributed by atoms with Crippen LogP contribution in [0.5, 0.6) is 11.5 Å². The number of ether oxygens (including phenoxy) is 3. The number of carbonyl (C=O) groups is 1. The number of piperazine rings is 1. The van der Waals surface area contributed by atoms with E-state index in [-0.39, 0.29) is 6.03 Å². The van der Waals surface area contributed by atoms with Crippen LogP contribution in [0.1, 0.15) is 0 Å². The Balaban J connectivity index is 1.30. The van der Waals surface area contributed by atoms with Crippen LogP contribution in [0, 0.1) is 0 Å². The standard InChI is InChI=1S/C21H28N6O4/c1-29-17-4-3-16(15-18(17)30-2)22-21(28)27-9-7-25(8-10-27)19-5-6-20(24-23-19)26-11-13-31-14-12-26/h3-6,15H,7-14H2,1-2H3,(H,22,28). The van der Waals surface area contributed by atoms with E-state index in [2.05, 4.69) is 25.3 Å². The summed E-state index contributed by atoms with van der Waals surface area (Å²) >= 11 is 0. The van der Waals surface area contributed by atoms with E-state index in [4.69, 9.17) is 14.2 Å². The van der Waals surface area contributed by atoms with E-state index < -0.39 is 0 Å². The number of aromatic nitrogens is 2. The molecule has 166 valence electrons. The normalized spacial score (nSPS) is 16.8. The predicted octanol–water partition coefficient (Wildman–Crippen LogP) is 1.68. The number of nitrogens with one attached hydrogen (secondary N) is 1. The number of rotatable bonds is 5. The van der Waals surface area contributed by atoms with Gasteiger partial charge in [-0.3, -0.25) is 0 Å². The summed E-state index contributed by atoms with van der Waals surface area (Å²) in [5.74, 6) is 2.90. The van der Waals surface area contributed by atoms with Crippen molar-refractivity contribution in [3.63, 3.8) is 0 Å². The highest BCUT2D eigenvalue weighted by Crippen LogP contribution is 2.30. The van der Waals surface area contributed by atoms with Crippen LogP contribution in [0.25, 0.3) is 0 Å². The van der Waals surface area contributed by atoms with Crippen molar-refractivity contribution in [1.29, 1.82) is 0 Å². The monoisotopic (exact) mass is 428 g/mol. The predicted molar refractivity (Wildman–Crippen MR) is 117 cm³/mol. The number of hydrogen-bond donors (Lipinski definition) is 1. The molecule has 0 atom stereocenters. The second kappa shape index (κ2) is 9.69. The minimum Gasteiger partial charge on any atom is -0.493 e. The Kier molecular flexibility index (Phi) is 6.56. The number of hydrogen-bond acceptors (Lipinski definition) is 8. The van der Waals surface area contributed by atoms with Crippen LogP contribution >= 0.6 is 0 Å². The molecule has 1 aromatic heterocycles. The smallest absolute Gasteiger partial charge is 0.321 e. The second-order valence-electron chi connectivity index (χ2n) is 7.32. The summed E-state index contributed by atoms with van der Waals surface area (Å²) in [5.41, 5.74) is 0.662. The van der Waals surface area contributed by atoms with Gasteiger partial charge in [-0.2, -0.15) is 0 Å². The van der Waals surface area contributed by atoms with E-state index in [1.165, 1.54) is 0 Å². The highest BCUT2D eigenvalue weighted by molar-refractivity contribution is 5.90. The number of morpholine rings is 1. The molecule has 1 N–H and O–H groups in total. The summed E-state index contributed by atoms with van der Waals surface area (Å²) in [6, 6.07) is 9.17. The van der Waals surface area contributed by atoms with Crippen LogP contribution in [0.2, 0.25) is 0 Å². The maximum Gasteiger partial charge on any atom is 0.321 e. The van der Waals surface area contributed by atoms with Gasteiger partial charge in [0.2, 0.25) is 0 Å². The Morgan fingerprint density at radius 1 is 0.871 bits per heavy atom. The molecule has 31 heavy (non-hydrogen) atoms. The van der Waals surface area contributed by atoms with Gasteiger partial charge in [0, 0.05) is 51.0 Å². The van der Waals surface area contributed by atoms with Gasteiger partial charge < -0.3 is 34.2 Å². The van der Waals surface area contributed by atoms with Gasteiger partial charge in [0.1, 0.15) is 0 Å². The quantitative estimate of drug-likeness (QED) is 0.769. The lowest BCUT2D eigenvalue weighted by molar-refractivity contribution is 0.122. The lowest BCUT2D eigenvalue weighted by Gasteiger charge is -2.35. The lowest BCUT2D eigenvalue weighted by atomic mass is 10.2. The van der Waals surface area contributed by atoms with Gasteiger partial charge >= 0.3 is 6.03 Å². The summed E-state index contributed by atoms with van der Waals surface area (Å²) in [6.45, 7) is 5.71. The number of methoxy groups -OCH3 is 2. The fourth-order valence-electron chi connectivity index (χ4n) is 3.70. The molecule has 0 spiro atoms. The maximum absolute atomic E-state index is 12.7. The molecule has 3 heterocycles. The Labute approximate surface area is 181 Å². The van der Waals surface area contributed by atoms with Crippen LogP contribution in [0.3, 0.4) is 0 Å². The molecule has 0 aliphatic carbocycles.